The molecule has 6 aromatic rings. The third-order valence-corrected chi connectivity index (χ3v) is 22.1. The van der Waals surface area contributed by atoms with Crippen molar-refractivity contribution in [1.29, 1.82) is 0 Å². The smallest absolute Gasteiger partial charge is 0.423 e. The van der Waals surface area contributed by atoms with Gasteiger partial charge in [0.25, 0.3) is 5.92 Å². The highest BCUT2D eigenvalue weighted by atomic mass is 32.2. The summed E-state index contributed by atoms with van der Waals surface area (Å²) in [6, 6.07) is 6.29. The van der Waals surface area contributed by atoms with E-state index in [2.05, 4.69) is 81.9 Å². The summed E-state index contributed by atoms with van der Waals surface area (Å²) in [5.74, 6) is -2.31. The minimum Gasteiger partial charge on any atom is -0.447 e. The molecule has 0 N–H and O–H groups in total. The van der Waals surface area contributed by atoms with Crippen LogP contribution in [0.4, 0.5) is 13.6 Å². The third kappa shape index (κ3) is 11.3. The number of halogens is 2. The number of cyclic esters (lactones) is 1. The lowest BCUT2D eigenvalue weighted by atomic mass is 9.95. The summed E-state index contributed by atoms with van der Waals surface area (Å²) in [7, 11) is -9.68. The zero-order chi connectivity index (χ0) is 51.5. The van der Waals surface area contributed by atoms with Crippen LogP contribution < -0.4 is 0 Å². The minimum atomic E-state index is -3.69. The molecule has 24 heteroatoms. The van der Waals surface area contributed by atoms with Crippen LogP contribution in [-0.2, 0) is 47.7 Å². The maximum absolute atomic E-state index is 13.2. The van der Waals surface area contributed by atoms with Gasteiger partial charge >= 0.3 is 6.09 Å². The van der Waals surface area contributed by atoms with Crippen molar-refractivity contribution in [3.8, 4) is 0 Å². The highest BCUT2D eigenvalue weighted by Gasteiger charge is 2.50. The van der Waals surface area contributed by atoms with Gasteiger partial charge in [0.05, 0.1) is 54.6 Å². The van der Waals surface area contributed by atoms with E-state index in [0.717, 1.165) is 98.2 Å². The zero-order valence-corrected chi connectivity index (χ0v) is 46.3. The number of hydrogen-bond acceptors (Lipinski definition) is 12. The minimum absolute atomic E-state index is 0.0318. The van der Waals surface area contributed by atoms with Gasteiger partial charge in [-0.05, 0) is 73.6 Å². The molecule has 4 aliphatic rings. The van der Waals surface area contributed by atoms with E-state index < -0.39 is 61.3 Å². The molecular formula is C48H70F2N10O8S2Si2. The number of alkyl halides is 2. The van der Waals surface area contributed by atoms with Crippen molar-refractivity contribution in [2.45, 2.75) is 122 Å². The largest absolute Gasteiger partial charge is 0.447 e. The van der Waals surface area contributed by atoms with Crippen molar-refractivity contribution < 1.29 is 44.6 Å². The number of amides is 1. The summed E-state index contributed by atoms with van der Waals surface area (Å²) < 4.78 is 104. The van der Waals surface area contributed by atoms with E-state index in [1.807, 2.05) is 46.1 Å². The lowest BCUT2D eigenvalue weighted by molar-refractivity contribution is -0.0946. The maximum atomic E-state index is 13.2. The Balaban J connectivity index is 0.000000178. The first-order chi connectivity index (χ1) is 33.9. The number of nitrogens with zero attached hydrogens (tertiary/aromatic N) is 10. The highest BCUT2D eigenvalue weighted by molar-refractivity contribution is 7.89. The Morgan fingerprint density at radius 2 is 1.14 bits per heavy atom. The van der Waals surface area contributed by atoms with Crippen LogP contribution in [0.5, 0.6) is 0 Å². The Labute approximate surface area is 422 Å². The molecule has 72 heavy (non-hydrogen) atoms. The Kier molecular flexibility index (Phi) is 14.6. The number of sulfonamides is 2. The molecule has 0 aromatic carbocycles. The summed E-state index contributed by atoms with van der Waals surface area (Å²) in [5, 5.41) is 0. The van der Waals surface area contributed by atoms with E-state index in [-0.39, 0.29) is 60.2 Å². The molecule has 10 rings (SSSR count). The molecule has 5 unspecified atom stereocenters. The van der Waals surface area contributed by atoms with Crippen molar-refractivity contribution in [2.24, 2.45) is 23.7 Å². The summed E-state index contributed by atoms with van der Waals surface area (Å²) in [6.07, 6.45) is 13.4. The first-order valence-corrected chi connectivity index (χ1v) is 35.8. The number of aromatic nitrogens is 8. The molecular weight excluding hydrogens is 1000 g/mol. The summed E-state index contributed by atoms with van der Waals surface area (Å²) >= 11 is 0. The Bertz CT molecular complexity index is 3160. The fourth-order valence-electron chi connectivity index (χ4n) is 11.0. The van der Waals surface area contributed by atoms with E-state index in [9.17, 15) is 30.4 Å². The third-order valence-electron chi connectivity index (χ3n) is 14.9. The highest BCUT2D eigenvalue weighted by Crippen LogP contribution is 2.46. The Morgan fingerprint density at radius 1 is 0.681 bits per heavy atom. The van der Waals surface area contributed by atoms with E-state index in [1.165, 1.54) is 0 Å². The van der Waals surface area contributed by atoms with Gasteiger partial charge in [-0.3, -0.25) is 8.80 Å². The molecule has 1 amide bonds. The Hall–Kier alpha value is -4.34. The van der Waals surface area contributed by atoms with Gasteiger partial charge in [0, 0.05) is 77.4 Å². The average Bonchev–Trinajstić information content (AvgIpc) is 4.15. The number of hydrogen-bond donors (Lipinski definition) is 0. The van der Waals surface area contributed by atoms with Crippen molar-refractivity contribution >= 4 is 75.9 Å². The molecule has 4 fully saturated rings. The van der Waals surface area contributed by atoms with Gasteiger partial charge in [-0.15, -0.1) is 0 Å². The summed E-state index contributed by atoms with van der Waals surface area (Å²) in [6.45, 7) is 19.5. The first-order valence-electron chi connectivity index (χ1n) is 25.2. The molecule has 6 atom stereocenters. The number of ether oxygens (including phenoxy) is 3. The Morgan fingerprint density at radius 3 is 1.56 bits per heavy atom. The van der Waals surface area contributed by atoms with Gasteiger partial charge < -0.3 is 23.3 Å². The fourth-order valence-corrected chi connectivity index (χ4v) is 16.0. The van der Waals surface area contributed by atoms with E-state index in [0.29, 0.717) is 19.9 Å². The molecule has 2 saturated heterocycles. The van der Waals surface area contributed by atoms with Gasteiger partial charge in [0.2, 0.25) is 20.0 Å². The standard InChI is InChI=1S/C24H35F2N5O3SSi.C24H35N5O5SSi/c1-17-9-18(13-35(32,33)30-14-24(25,26)15-30)10-19(17)21-11-27-22-12-28-23-20(31(21)22)5-6-29(23)16-34-7-8-36(2,3)4;1-17-11-18(15-35(31,32)28-7-8-34-24(28)30)12-19(17)21-13-25-22-14-26-23-20(29(21)22)5-6-27(23)16-33-9-10-36(2,3)4/h5-6,11-12,17-19H,7-10,13-16H2,1-4H3;5-6,13-14,17-19H,7-12,15-16H2,1-4H3/t;17?,18-,19?/m.0/s1. The topological polar surface area (TPSA) is 190 Å². The molecule has 2 aliphatic heterocycles. The second kappa shape index (κ2) is 20.1. The van der Waals surface area contributed by atoms with Gasteiger partial charge in [-0.1, -0.05) is 53.1 Å². The predicted molar refractivity (Wildman–Crippen MR) is 277 cm³/mol. The van der Waals surface area contributed by atoms with Crippen LogP contribution in [0.1, 0.15) is 62.8 Å². The summed E-state index contributed by atoms with van der Waals surface area (Å²) in [5.41, 5.74) is 7.21. The number of carbonyl (C=O) groups excluding carboxylic acids is 1. The monoisotopic (exact) mass is 1070 g/mol. The van der Waals surface area contributed by atoms with E-state index in [4.69, 9.17) is 14.2 Å². The molecule has 0 radical (unpaired) electrons. The van der Waals surface area contributed by atoms with E-state index in [1.54, 1.807) is 12.4 Å². The first kappa shape index (κ1) is 52.5. The molecule has 0 bridgehead atoms. The molecule has 2 aliphatic carbocycles. The number of rotatable bonds is 18. The molecule has 394 valence electrons. The van der Waals surface area contributed by atoms with Crippen LogP contribution in [0.25, 0.3) is 33.6 Å². The average molecular weight is 1070 g/mol. The fraction of sp³-hybridized carbons (Fsp3) is 0.646. The molecule has 2 saturated carbocycles. The van der Waals surface area contributed by atoms with Gasteiger partial charge in [-0.25, -0.2) is 54.7 Å². The van der Waals surface area contributed by atoms with Crippen molar-refractivity contribution in [3.63, 3.8) is 0 Å². The lowest BCUT2D eigenvalue weighted by Gasteiger charge is -2.38. The predicted octanol–water partition coefficient (Wildman–Crippen LogP) is 8.31. The molecule has 0 spiro atoms. The lowest BCUT2D eigenvalue weighted by Crippen LogP contribution is -2.59. The normalized spacial score (nSPS) is 24.2. The quantitative estimate of drug-likeness (QED) is 0.0592. The van der Waals surface area contributed by atoms with Crippen molar-refractivity contribution in [3.05, 3.63) is 60.7 Å². The molecule has 18 nitrogen and oxygen atoms in total. The van der Waals surface area contributed by atoms with Crippen LogP contribution >= 0.6 is 0 Å². The number of imidazole rings is 2. The van der Waals surface area contributed by atoms with Gasteiger partial charge in [-0.2, -0.15) is 4.31 Å². The SMILES string of the molecule is CC1CC(CS(=O)(=O)N2CC(F)(F)C2)CC1c1cnc2cnc3c(ccn3COCC[Si](C)(C)C)n12.CC1C[C@H](CS(=O)(=O)N2CCOC2=O)CC1c1cnc2cnc3c(ccn3COCC[Si](C)(C)C)n12. The zero-order valence-electron chi connectivity index (χ0n) is 42.7. The van der Waals surface area contributed by atoms with Crippen LogP contribution in [-0.4, -0.2) is 142 Å². The van der Waals surface area contributed by atoms with Gasteiger partial charge in [0.1, 0.15) is 20.1 Å². The number of carbonyl (C=O) groups is 1. The second-order valence-electron chi connectivity index (χ2n) is 23.2. The van der Waals surface area contributed by atoms with Crippen LogP contribution in [0, 0.1) is 23.7 Å². The van der Waals surface area contributed by atoms with E-state index >= 15 is 0 Å². The van der Waals surface area contributed by atoms with Crippen LogP contribution in [0.15, 0.2) is 49.3 Å². The second-order valence-corrected chi connectivity index (χ2v) is 38.4. The maximum Gasteiger partial charge on any atom is 0.423 e. The van der Waals surface area contributed by atoms with Crippen molar-refractivity contribution in [1.82, 2.24) is 46.5 Å². The number of fused-ring (bicyclic) bond motifs is 6. The van der Waals surface area contributed by atoms with Crippen molar-refractivity contribution in [2.75, 3.05) is 51.0 Å². The summed E-state index contributed by atoms with van der Waals surface area (Å²) in [4.78, 5) is 30.3. The van der Waals surface area contributed by atoms with Gasteiger partial charge in [0.15, 0.2) is 22.6 Å². The van der Waals surface area contributed by atoms with Crippen LogP contribution in [0.3, 0.4) is 0 Å². The molecule has 8 heterocycles. The molecule has 6 aromatic heterocycles. The van der Waals surface area contributed by atoms with Crippen LogP contribution in [0.2, 0.25) is 51.4 Å².